The van der Waals surface area contributed by atoms with Crippen LogP contribution >= 0.6 is 0 Å². The van der Waals surface area contributed by atoms with Crippen LogP contribution in [0.25, 0.3) is 21.8 Å². The fraction of sp³-hybridized carbons (Fsp3) is 0.125. The topological polar surface area (TPSA) is 83.1 Å². The molecule has 0 radical (unpaired) electrons. The van der Waals surface area contributed by atoms with E-state index in [9.17, 15) is 14.7 Å². The van der Waals surface area contributed by atoms with Gasteiger partial charge < -0.3 is 9.67 Å². The third-order valence-corrected chi connectivity index (χ3v) is 5.13. The van der Waals surface area contributed by atoms with Crippen LogP contribution in [0.4, 0.5) is 0 Å². The first-order chi connectivity index (χ1) is 14.0. The van der Waals surface area contributed by atoms with Crippen molar-refractivity contribution in [2.45, 2.75) is 19.9 Å². The molecule has 4 rings (SSSR count). The minimum Gasteiger partial charge on any atom is -0.478 e. The molecule has 0 atom stereocenters. The number of ketones is 1. The number of aromatic nitrogens is 1. The molecule has 29 heavy (non-hydrogen) atoms. The third-order valence-electron chi connectivity index (χ3n) is 5.13. The predicted molar refractivity (Wildman–Crippen MR) is 111 cm³/mol. The highest BCUT2D eigenvalue weighted by molar-refractivity contribution is 6.17. The van der Waals surface area contributed by atoms with Crippen molar-refractivity contribution in [3.05, 3.63) is 82.9 Å². The van der Waals surface area contributed by atoms with Gasteiger partial charge in [-0.2, -0.15) is 5.26 Å². The van der Waals surface area contributed by atoms with E-state index in [4.69, 9.17) is 5.26 Å². The molecule has 0 fully saturated rings. The number of aromatic carboxylic acids is 1. The summed E-state index contributed by atoms with van der Waals surface area (Å²) >= 11 is 0. The largest absolute Gasteiger partial charge is 0.478 e. The smallest absolute Gasteiger partial charge is 0.336 e. The first-order valence-electron chi connectivity index (χ1n) is 9.28. The minimum atomic E-state index is -1.13. The summed E-state index contributed by atoms with van der Waals surface area (Å²) in [5, 5.41) is 20.4. The highest BCUT2D eigenvalue weighted by Crippen LogP contribution is 2.31. The van der Waals surface area contributed by atoms with Gasteiger partial charge in [-0.1, -0.05) is 29.8 Å². The zero-order chi connectivity index (χ0) is 20.5. The van der Waals surface area contributed by atoms with Crippen molar-refractivity contribution in [3.63, 3.8) is 0 Å². The van der Waals surface area contributed by atoms with E-state index in [0.717, 1.165) is 27.4 Å². The molecule has 0 unspecified atom stereocenters. The van der Waals surface area contributed by atoms with E-state index in [-0.39, 0.29) is 16.9 Å². The van der Waals surface area contributed by atoms with Crippen molar-refractivity contribution in [3.8, 4) is 6.07 Å². The molecule has 1 aromatic heterocycles. The van der Waals surface area contributed by atoms with Crippen LogP contribution in [-0.2, 0) is 6.54 Å². The Kier molecular flexibility index (Phi) is 4.61. The summed E-state index contributed by atoms with van der Waals surface area (Å²) in [5.74, 6) is -1.45. The van der Waals surface area contributed by atoms with E-state index >= 15 is 0 Å². The maximum Gasteiger partial charge on any atom is 0.336 e. The van der Waals surface area contributed by atoms with Crippen LogP contribution in [0.1, 0.15) is 38.3 Å². The van der Waals surface area contributed by atoms with Gasteiger partial charge in [0.1, 0.15) is 0 Å². The van der Waals surface area contributed by atoms with Gasteiger partial charge in [0.15, 0.2) is 5.78 Å². The molecule has 0 saturated heterocycles. The highest BCUT2D eigenvalue weighted by Gasteiger charge is 2.19. The molecule has 0 saturated carbocycles. The fourth-order valence-corrected chi connectivity index (χ4v) is 3.78. The predicted octanol–water partition coefficient (Wildman–Crippen LogP) is 4.95. The van der Waals surface area contributed by atoms with Gasteiger partial charge in [-0.15, -0.1) is 0 Å². The quantitative estimate of drug-likeness (QED) is 0.495. The Morgan fingerprint density at radius 2 is 1.62 bits per heavy atom. The number of hydrogen-bond acceptors (Lipinski definition) is 3. The number of carbonyl (C=O) groups is 2. The molecule has 0 spiro atoms. The monoisotopic (exact) mass is 382 g/mol. The molecule has 0 amide bonds. The van der Waals surface area contributed by atoms with Crippen molar-refractivity contribution in [1.29, 1.82) is 5.26 Å². The number of fused-ring (bicyclic) bond motifs is 3. The molecule has 3 aromatic carbocycles. The second-order valence-corrected chi connectivity index (χ2v) is 6.99. The average molecular weight is 382 g/mol. The van der Waals surface area contributed by atoms with Gasteiger partial charge in [-0.3, -0.25) is 4.79 Å². The van der Waals surface area contributed by atoms with Gasteiger partial charge in [0.2, 0.25) is 0 Å². The van der Waals surface area contributed by atoms with Crippen LogP contribution in [0.2, 0.25) is 0 Å². The molecule has 1 N–H and O–H groups in total. The molecule has 0 aliphatic carbocycles. The van der Waals surface area contributed by atoms with Gasteiger partial charge in [0.25, 0.3) is 0 Å². The molecule has 5 nitrogen and oxygen atoms in total. The fourth-order valence-electron chi connectivity index (χ4n) is 3.78. The lowest BCUT2D eigenvalue weighted by molar-refractivity contribution is 0.0693. The Hall–Kier alpha value is -3.91. The SMILES string of the molecule is Cc1ccc2c(c1)c1cc(C(=O)c3ccccc3C(=O)O)ccc1n2CCC#N. The second kappa shape index (κ2) is 7.25. The van der Waals surface area contributed by atoms with E-state index < -0.39 is 5.97 Å². The summed E-state index contributed by atoms with van der Waals surface area (Å²) in [7, 11) is 0. The number of hydrogen-bond donors (Lipinski definition) is 1. The molecule has 5 heteroatoms. The number of nitrogens with zero attached hydrogens (tertiary/aromatic N) is 2. The standard InChI is InChI=1S/C24H18N2O3/c1-15-7-9-21-19(13-15)20-14-16(8-10-22(20)26(21)12-4-11-25)23(27)17-5-2-3-6-18(17)24(28)29/h2-3,5-10,13-14H,4,12H2,1H3,(H,28,29). The van der Waals surface area contributed by atoms with Gasteiger partial charge >= 0.3 is 5.97 Å². The number of carboxylic acids is 1. The van der Waals surface area contributed by atoms with E-state index in [1.807, 2.05) is 31.2 Å². The van der Waals surface area contributed by atoms with Crippen molar-refractivity contribution in [2.75, 3.05) is 0 Å². The van der Waals surface area contributed by atoms with E-state index in [1.54, 1.807) is 18.2 Å². The summed E-state index contributed by atoms with van der Waals surface area (Å²) in [5.41, 5.74) is 3.66. The van der Waals surface area contributed by atoms with Gasteiger partial charge in [-0.05, 0) is 43.3 Å². The average Bonchev–Trinajstić information content (AvgIpc) is 3.03. The summed E-state index contributed by atoms with van der Waals surface area (Å²) < 4.78 is 2.09. The maximum atomic E-state index is 13.1. The normalized spacial score (nSPS) is 10.9. The molecule has 1 heterocycles. The van der Waals surface area contributed by atoms with E-state index in [1.165, 1.54) is 12.1 Å². The number of aryl methyl sites for hydroxylation is 2. The highest BCUT2D eigenvalue weighted by atomic mass is 16.4. The van der Waals surface area contributed by atoms with Gasteiger partial charge in [-0.25, -0.2) is 4.79 Å². The third kappa shape index (κ3) is 3.15. The number of nitriles is 1. The maximum absolute atomic E-state index is 13.1. The number of carbonyl (C=O) groups excluding carboxylic acids is 1. The van der Waals surface area contributed by atoms with E-state index in [0.29, 0.717) is 18.5 Å². The lowest BCUT2D eigenvalue weighted by Crippen LogP contribution is -2.09. The number of rotatable bonds is 5. The lowest BCUT2D eigenvalue weighted by Gasteiger charge is -2.07. The van der Waals surface area contributed by atoms with Crippen LogP contribution in [0.5, 0.6) is 0 Å². The Morgan fingerprint density at radius 3 is 2.31 bits per heavy atom. The molecule has 0 aliphatic rings. The molecular formula is C24H18N2O3. The summed E-state index contributed by atoms with van der Waals surface area (Å²) in [6.07, 6.45) is 0.388. The Balaban J connectivity index is 1.92. The minimum absolute atomic E-state index is 0.00936. The van der Waals surface area contributed by atoms with Crippen molar-refractivity contribution < 1.29 is 14.7 Å². The van der Waals surface area contributed by atoms with Crippen LogP contribution in [0.15, 0.2) is 60.7 Å². The zero-order valence-corrected chi connectivity index (χ0v) is 15.8. The van der Waals surface area contributed by atoms with Crippen molar-refractivity contribution in [2.24, 2.45) is 0 Å². The van der Waals surface area contributed by atoms with Crippen LogP contribution in [-0.4, -0.2) is 21.4 Å². The van der Waals surface area contributed by atoms with Crippen LogP contribution in [0, 0.1) is 18.3 Å². The Morgan fingerprint density at radius 1 is 0.966 bits per heavy atom. The zero-order valence-electron chi connectivity index (χ0n) is 15.8. The van der Waals surface area contributed by atoms with Gasteiger partial charge in [0.05, 0.1) is 18.1 Å². The number of carboxylic acid groups (broad SMARTS) is 1. The first kappa shape index (κ1) is 18.5. The Bertz CT molecular complexity index is 1330. The lowest BCUT2D eigenvalue weighted by atomic mass is 9.97. The number of benzene rings is 3. The molecule has 0 bridgehead atoms. The first-order valence-corrected chi connectivity index (χ1v) is 9.28. The van der Waals surface area contributed by atoms with Crippen LogP contribution in [0.3, 0.4) is 0 Å². The molecule has 4 aromatic rings. The molecule has 0 aliphatic heterocycles. The summed E-state index contributed by atoms with van der Waals surface area (Å²) in [4.78, 5) is 24.6. The van der Waals surface area contributed by atoms with Gasteiger partial charge in [0, 0.05) is 39.5 Å². The molecule has 142 valence electrons. The van der Waals surface area contributed by atoms with Crippen LogP contribution < -0.4 is 0 Å². The van der Waals surface area contributed by atoms with E-state index in [2.05, 4.69) is 16.7 Å². The van der Waals surface area contributed by atoms with Crippen molar-refractivity contribution in [1.82, 2.24) is 4.57 Å². The Labute approximate surface area is 167 Å². The summed E-state index contributed by atoms with van der Waals surface area (Å²) in [6, 6.07) is 20.0. The van der Waals surface area contributed by atoms with Crippen molar-refractivity contribution >= 4 is 33.6 Å². The molecular weight excluding hydrogens is 364 g/mol. The summed E-state index contributed by atoms with van der Waals surface area (Å²) in [6.45, 7) is 2.57. The second-order valence-electron chi connectivity index (χ2n) is 6.99.